The standard InChI is InChI=1S/C25H27N5O3/c1-32-25-20(5-2-10-26-25)18-6-7-22-21(14-18)23(29-28-22)24(31)27-15-17-8-11-30(12-9-17)16-19-4-3-13-33-19/h2-7,10,13-14,17H,8-9,11-12,15-16H2,1H3,(H,27,31)(H,28,29). The molecule has 1 saturated heterocycles. The summed E-state index contributed by atoms with van der Waals surface area (Å²) in [4.78, 5) is 19.6. The van der Waals surface area contributed by atoms with Crippen molar-refractivity contribution in [3.05, 3.63) is 66.4 Å². The van der Waals surface area contributed by atoms with E-state index in [1.165, 1.54) is 0 Å². The number of H-pyrrole nitrogens is 1. The Balaban J connectivity index is 1.23. The molecule has 1 amide bonds. The number of piperidine rings is 1. The topological polar surface area (TPSA) is 96.3 Å². The molecule has 1 aliphatic rings. The van der Waals surface area contributed by atoms with E-state index in [0.29, 0.717) is 24.0 Å². The molecule has 4 heterocycles. The Morgan fingerprint density at radius 2 is 2.12 bits per heavy atom. The fourth-order valence-corrected chi connectivity index (χ4v) is 4.42. The summed E-state index contributed by atoms with van der Waals surface area (Å²) >= 11 is 0. The largest absolute Gasteiger partial charge is 0.481 e. The minimum Gasteiger partial charge on any atom is -0.481 e. The van der Waals surface area contributed by atoms with Crippen molar-refractivity contribution in [1.29, 1.82) is 0 Å². The van der Waals surface area contributed by atoms with Crippen LogP contribution in [0.1, 0.15) is 29.1 Å². The van der Waals surface area contributed by atoms with Gasteiger partial charge in [-0.25, -0.2) is 4.98 Å². The number of amides is 1. The highest BCUT2D eigenvalue weighted by atomic mass is 16.5. The fourth-order valence-electron chi connectivity index (χ4n) is 4.42. The number of fused-ring (bicyclic) bond motifs is 1. The molecule has 0 spiro atoms. The van der Waals surface area contributed by atoms with Gasteiger partial charge in [-0.1, -0.05) is 6.07 Å². The third kappa shape index (κ3) is 4.61. The second-order valence-corrected chi connectivity index (χ2v) is 8.40. The van der Waals surface area contributed by atoms with Crippen molar-refractivity contribution in [2.75, 3.05) is 26.7 Å². The zero-order chi connectivity index (χ0) is 22.6. The number of benzene rings is 1. The number of carbonyl (C=O) groups is 1. The Bertz CT molecular complexity index is 1230. The molecule has 0 radical (unpaired) electrons. The summed E-state index contributed by atoms with van der Waals surface area (Å²) in [5, 5.41) is 11.1. The third-order valence-corrected chi connectivity index (χ3v) is 6.27. The van der Waals surface area contributed by atoms with E-state index in [-0.39, 0.29) is 5.91 Å². The number of carbonyl (C=O) groups excluding carboxylic acids is 1. The predicted octanol–water partition coefficient (Wildman–Crippen LogP) is 3.87. The van der Waals surface area contributed by atoms with Crippen LogP contribution in [-0.2, 0) is 6.54 Å². The molecule has 0 aliphatic carbocycles. The molecule has 170 valence electrons. The van der Waals surface area contributed by atoms with E-state index in [4.69, 9.17) is 9.15 Å². The van der Waals surface area contributed by atoms with E-state index >= 15 is 0 Å². The highest BCUT2D eigenvalue weighted by molar-refractivity contribution is 6.05. The molecule has 0 bridgehead atoms. The molecular weight excluding hydrogens is 418 g/mol. The first-order chi connectivity index (χ1) is 16.2. The van der Waals surface area contributed by atoms with E-state index in [1.807, 2.05) is 42.5 Å². The zero-order valence-electron chi connectivity index (χ0n) is 18.6. The minimum absolute atomic E-state index is 0.158. The third-order valence-electron chi connectivity index (χ3n) is 6.27. The van der Waals surface area contributed by atoms with E-state index in [9.17, 15) is 4.79 Å². The Hall–Kier alpha value is -3.65. The van der Waals surface area contributed by atoms with E-state index in [2.05, 4.69) is 25.4 Å². The van der Waals surface area contributed by atoms with Crippen LogP contribution in [0.4, 0.5) is 0 Å². The lowest BCUT2D eigenvalue weighted by Gasteiger charge is -2.31. The first-order valence-corrected chi connectivity index (χ1v) is 11.2. The summed E-state index contributed by atoms with van der Waals surface area (Å²) in [6.07, 6.45) is 5.51. The highest BCUT2D eigenvalue weighted by Crippen LogP contribution is 2.30. The van der Waals surface area contributed by atoms with Gasteiger partial charge in [-0.2, -0.15) is 5.10 Å². The maximum absolute atomic E-state index is 13.0. The van der Waals surface area contributed by atoms with Crippen LogP contribution in [0.5, 0.6) is 5.88 Å². The van der Waals surface area contributed by atoms with Gasteiger partial charge >= 0.3 is 0 Å². The number of pyridine rings is 1. The van der Waals surface area contributed by atoms with Crippen LogP contribution in [-0.4, -0.2) is 52.7 Å². The average molecular weight is 446 g/mol. The van der Waals surface area contributed by atoms with Crippen molar-refractivity contribution < 1.29 is 13.9 Å². The van der Waals surface area contributed by atoms with Gasteiger partial charge in [-0.05, 0) is 73.8 Å². The minimum atomic E-state index is -0.158. The van der Waals surface area contributed by atoms with Crippen LogP contribution in [0.25, 0.3) is 22.0 Å². The first-order valence-electron chi connectivity index (χ1n) is 11.2. The number of hydrogen-bond acceptors (Lipinski definition) is 6. The van der Waals surface area contributed by atoms with Crippen molar-refractivity contribution in [1.82, 2.24) is 25.4 Å². The van der Waals surface area contributed by atoms with Crippen molar-refractivity contribution in [3.63, 3.8) is 0 Å². The van der Waals surface area contributed by atoms with Gasteiger partial charge in [0.25, 0.3) is 5.91 Å². The van der Waals surface area contributed by atoms with Crippen LogP contribution in [0.2, 0.25) is 0 Å². The lowest BCUT2D eigenvalue weighted by Crippen LogP contribution is -2.38. The molecule has 33 heavy (non-hydrogen) atoms. The number of nitrogens with zero attached hydrogens (tertiary/aromatic N) is 3. The monoisotopic (exact) mass is 445 g/mol. The molecule has 8 nitrogen and oxygen atoms in total. The molecule has 1 fully saturated rings. The normalized spacial score (nSPS) is 15.1. The molecule has 1 aliphatic heterocycles. The number of hydrogen-bond donors (Lipinski definition) is 2. The van der Waals surface area contributed by atoms with Gasteiger partial charge in [0.1, 0.15) is 5.76 Å². The smallest absolute Gasteiger partial charge is 0.272 e. The average Bonchev–Trinajstić information content (AvgIpc) is 3.53. The lowest BCUT2D eigenvalue weighted by atomic mass is 9.96. The SMILES string of the molecule is COc1ncccc1-c1ccc2[nH]nc(C(=O)NCC3CCN(Cc4ccco4)CC3)c2c1. The molecule has 0 unspecified atom stereocenters. The Morgan fingerprint density at radius 3 is 2.91 bits per heavy atom. The molecule has 1 aromatic carbocycles. The van der Waals surface area contributed by atoms with Crippen LogP contribution in [0, 0.1) is 5.92 Å². The van der Waals surface area contributed by atoms with Gasteiger partial charge in [0.05, 0.1) is 25.4 Å². The summed E-state index contributed by atoms with van der Waals surface area (Å²) < 4.78 is 10.8. The van der Waals surface area contributed by atoms with E-state index < -0.39 is 0 Å². The number of methoxy groups -OCH3 is 1. The molecule has 0 atom stereocenters. The summed E-state index contributed by atoms with van der Waals surface area (Å²) in [5.74, 6) is 1.84. The molecule has 3 aromatic heterocycles. The lowest BCUT2D eigenvalue weighted by molar-refractivity contribution is 0.0930. The maximum Gasteiger partial charge on any atom is 0.272 e. The van der Waals surface area contributed by atoms with Crippen LogP contribution in [0.15, 0.2) is 59.3 Å². The van der Waals surface area contributed by atoms with Crippen molar-refractivity contribution >= 4 is 16.8 Å². The van der Waals surface area contributed by atoms with Gasteiger partial charge in [0, 0.05) is 23.7 Å². The first kappa shape index (κ1) is 21.2. The van der Waals surface area contributed by atoms with Gasteiger partial charge in [0.15, 0.2) is 5.69 Å². The zero-order valence-corrected chi connectivity index (χ0v) is 18.6. The van der Waals surface area contributed by atoms with Crippen molar-refractivity contribution in [2.45, 2.75) is 19.4 Å². The Morgan fingerprint density at radius 1 is 1.24 bits per heavy atom. The second kappa shape index (κ2) is 9.46. The predicted molar refractivity (Wildman–Crippen MR) is 125 cm³/mol. The molecule has 5 rings (SSSR count). The number of aromatic nitrogens is 3. The quantitative estimate of drug-likeness (QED) is 0.448. The Labute approximate surface area is 192 Å². The number of furan rings is 1. The van der Waals surface area contributed by atoms with Crippen LogP contribution in [0.3, 0.4) is 0 Å². The van der Waals surface area contributed by atoms with Gasteiger partial charge in [-0.3, -0.25) is 14.8 Å². The molecular formula is C25H27N5O3. The number of likely N-dealkylation sites (tertiary alicyclic amines) is 1. The highest BCUT2D eigenvalue weighted by Gasteiger charge is 2.22. The van der Waals surface area contributed by atoms with Gasteiger partial charge in [0.2, 0.25) is 5.88 Å². The summed E-state index contributed by atoms with van der Waals surface area (Å²) in [6, 6.07) is 13.6. The Kier molecular flexibility index (Phi) is 6.08. The van der Waals surface area contributed by atoms with Gasteiger partial charge in [-0.15, -0.1) is 0 Å². The number of aromatic amines is 1. The number of nitrogens with one attached hydrogen (secondary N) is 2. The number of rotatable bonds is 7. The van der Waals surface area contributed by atoms with Crippen LogP contribution < -0.4 is 10.1 Å². The van der Waals surface area contributed by atoms with Crippen molar-refractivity contribution in [3.8, 4) is 17.0 Å². The maximum atomic E-state index is 13.0. The second-order valence-electron chi connectivity index (χ2n) is 8.40. The summed E-state index contributed by atoms with van der Waals surface area (Å²) in [6.45, 7) is 3.50. The molecule has 8 heteroatoms. The summed E-state index contributed by atoms with van der Waals surface area (Å²) in [5.41, 5.74) is 3.02. The van der Waals surface area contributed by atoms with Gasteiger partial charge < -0.3 is 14.5 Å². The fraction of sp³-hybridized carbons (Fsp3) is 0.320. The number of ether oxygens (including phenoxy) is 1. The van der Waals surface area contributed by atoms with E-state index in [0.717, 1.165) is 60.3 Å². The summed E-state index contributed by atoms with van der Waals surface area (Å²) in [7, 11) is 1.60. The van der Waals surface area contributed by atoms with Crippen molar-refractivity contribution in [2.24, 2.45) is 5.92 Å². The van der Waals surface area contributed by atoms with Crippen LogP contribution >= 0.6 is 0 Å². The molecule has 0 saturated carbocycles. The molecule has 4 aromatic rings. The molecule has 2 N–H and O–H groups in total. The van der Waals surface area contributed by atoms with E-state index in [1.54, 1.807) is 19.6 Å².